The molecule has 134 valence electrons. The number of carbonyl (C=O) groups is 1. The highest BCUT2D eigenvalue weighted by Gasteiger charge is 2.28. The lowest BCUT2D eigenvalue weighted by atomic mass is 9.97. The molecule has 24 heavy (non-hydrogen) atoms. The molecule has 0 heterocycles. The maximum absolute atomic E-state index is 12.2. The second-order valence-electron chi connectivity index (χ2n) is 7.45. The van der Waals surface area contributed by atoms with E-state index in [1.165, 1.54) is 6.07 Å². The molecule has 1 saturated carbocycles. The van der Waals surface area contributed by atoms with Crippen molar-refractivity contribution in [3.05, 3.63) is 23.8 Å². The van der Waals surface area contributed by atoms with E-state index in [9.17, 15) is 13.2 Å². The van der Waals surface area contributed by atoms with Gasteiger partial charge >= 0.3 is 0 Å². The summed E-state index contributed by atoms with van der Waals surface area (Å²) in [7, 11) is -3.48. The Kier molecular flexibility index (Phi) is 5.55. The van der Waals surface area contributed by atoms with Crippen molar-refractivity contribution >= 4 is 15.9 Å². The summed E-state index contributed by atoms with van der Waals surface area (Å²) in [6.45, 7) is 8.34. The molecule has 1 aliphatic carbocycles. The Morgan fingerprint density at radius 2 is 1.96 bits per heavy atom. The van der Waals surface area contributed by atoms with Gasteiger partial charge in [0.1, 0.15) is 5.75 Å². The van der Waals surface area contributed by atoms with Crippen molar-refractivity contribution < 1.29 is 17.9 Å². The lowest BCUT2D eigenvalue weighted by molar-refractivity contribution is -0.123. The van der Waals surface area contributed by atoms with Crippen LogP contribution in [0.5, 0.6) is 5.75 Å². The lowest BCUT2D eigenvalue weighted by Crippen LogP contribution is -2.35. The van der Waals surface area contributed by atoms with Gasteiger partial charge < -0.3 is 10.1 Å². The normalized spacial score (nSPS) is 15.2. The zero-order valence-corrected chi connectivity index (χ0v) is 15.5. The van der Waals surface area contributed by atoms with Crippen LogP contribution in [-0.4, -0.2) is 33.5 Å². The van der Waals surface area contributed by atoms with Crippen LogP contribution in [0.4, 0.5) is 0 Å². The SMILES string of the molecule is Cc1cc(S(=O)(=O)NC2CC2)ccc1OCC(=O)NCC(C)(C)C. The predicted molar refractivity (Wildman–Crippen MR) is 92.5 cm³/mol. The third-order valence-corrected chi connectivity index (χ3v) is 5.05. The Morgan fingerprint density at radius 1 is 1.29 bits per heavy atom. The minimum absolute atomic E-state index is 0.0101. The first-order valence-corrected chi connectivity index (χ1v) is 9.58. The molecule has 1 fully saturated rings. The van der Waals surface area contributed by atoms with Crippen molar-refractivity contribution in [2.75, 3.05) is 13.2 Å². The molecule has 1 aromatic rings. The number of rotatable bonds is 7. The van der Waals surface area contributed by atoms with Gasteiger partial charge in [0.2, 0.25) is 10.0 Å². The Bertz CT molecular complexity index is 704. The van der Waals surface area contributed by atoms with Gasteiger partial charge in [0.15, 0.2) is 6.61 Å². The molecular weight excluding hydrogens is 328 g/mol. The van der Waals surface area contributed by atoms with Gasteiger partial charge in [-0.1, -0.05) is 20.8 Å². The van der Waals surface area contributed by atoms with Gasteiger partial charge in [-0.2, -0.15) is 0 Å². The molecule has 0 saturated heterocycles. The van der Waals surface area contributed by atoms with E-state index in [0.717, 1.165) is 12.8 Å². The van der Waals surface area contributed by atoms with Gasteiger partial charge in [0.05, 0.1) is 4.90 Å². The van der Waals surface area contributed by atoms with Crippen LogP contribution in [-0.2, 0) is 14.8 Å². The number of nitrogens with one attached hydrogen (secondary N) is 2. The van der Waals surface area contributed by atoms with E-state index in [4.69, 9.17) is 4.74 Å². The quantitative estimate of drug-likeness (QED) is 0.784. The summed E-state index contributed by atoms with van der Waals surface area (Å²) >= 11 is 0. The number of hydrogen-bond donors (Lipinski definition) is 2. The van der Waals surface area contributed by atoms with Crippen molar-refractivity contribution in [2.45, 2.75) is 51.5 Å². The molecular formula is C17H26N2O4S. The van der Waals surface area contributed by atoms with E-state index in [0.29, 0.717) is 17.9 Å². The molecule has 2 rings (SSSR count). The van der Waals surface area contributed by atoms with Gasteiger partial charge in [0, 0.05) is 12.6 Å². The van der Waals surface area contributed by atoms with E-state index in [1.807, 2.05) is 20.8 Å². The molecule has 0 aromatic heterocycles. The Morgan fingerprint density at radius 3 is 2.50 bits per heavy atom. The molecule has 6 nitrogen and oxygen atoms in total. The number of benzene rings is 1. The highest BCUT2D eigenvalue weighted by molar-refractivity contribution is 7.89. The summed E-state index contributed by atoms with van der Waals surface area (Å²) in [5, 5.41) is 2.81. The van der Waals surface area contributed by atoms with Crippen LogP contribution >= 0.6 is 0 Å². The predicted octanol–water partition coefficient (Wildman–Crippen LogP) is 1.98. The number of carbonyl (C=O) groups excluding carboxylic acids is 1. The topological polar surface area (TPSA) is 84.5 Å². The zero-order valence-electron chi connectivity index (χ0n) is 14.7. The van der Waals surface area contributed by atoms with Crippen molar-refractivity contribution in [1.82, 2.24) is 10.0 Å². The van der Waals surface area contributed by atoms with E-state index in [2.05, 4.69) is 10.0 Å². The van der Waals surface area contributed by atoms with Gasteiger partial charge in [0.25, 0.3) is 5.91 Å². The Labute approximate surface area is 144 Å². The average Bonchev–Trinajstić information content (AvgIpc) is 3.26. The summed E-state index contributed by atoms with van der Waals surface area (Å²) in [4.78, 5) is 12.0. The average molecular weight is 354 g/mol. The summed E-state index contributed by atoms with van der Waals surface area (Å²) < 4.78 is 32.5. The molecule has 0 unspecified atom stereocenters. The standard InChI is InChI=1S/C17H26N2O4S/c1-12-9-14(24(21,22)19-13-5-6-13)7-8-15(12)23-10-16(20)18-11-17(2,3)4/h7-9,13,19H,5-6,10-11H2,1-4H3,(H,18,20). The first-order chi connectivity index (χ1) is 11.1. The first-order valence-electron chi connectivity index (χ1n) is 8.09. The van der Waals surface area contributed by atoms with Gasteiger partial charge in [-0.15, -0.1) is 0 Å². The van der Waals surface area contributed by atoms with Crippen LogP contribution in [0, 0.1) is 12.3 Å². The second-order valence-corrected chi connectivity index (χ2v) is 9.16. The minimum Gasteiger partial charge on any atom is -0.484 e. The van der Waals surface area contributed by atoms with Crippen molar-refractivity contribution in [3.8, 4) is 5.75 Å². The molecule has 0 atom stereocenters. The monoisotopic (exact) mass is 354 g/mol. The molecule has 2 N–H and O–H groups in total. The number of aryl methyl sites for hydroxylation is 1. The van der Waals surface area contributed by atoms with E-state index < -0.39 is 10.0 Å². The lowest BCUT2D eigenvalue weighted by Gasteiger charge is -2.19. The summed E-state index contributed by atoms with van der Waals surface area (Å²) in [5.74, 6) is 0.308. The molecule has 7 heteroatoms. The van der Waals surface area contributed by atoms with Crippen molar-refractivity contribution in [1.29, 1.82) is 0 Å². The van der Waals surface area contributed by atoms with Crippen LogP contribution in [0.3, 0.4) is 0 Å². The zero-order chi connectivity index (χ0) is 18.0. The summed E-state index contributed by atoms with van der Waals surface area (Å²) in [6, 6.07) is 4.72. The molecule has 0 bridgehead atoms. The van der Waals surface area contributed by atoms with Gasteiger partial charge in [-0.05, 0) is 48.9 Å². The molecule has 1 aromatic carbocycles. The maximum atomic E-state index is 12.2. The van der Waals surface area contributed by atoms with Crippen molar-refractivity contribution in [3.63, 3.8) is 0 Å². The number of sulfonamides is 1. The maximum Gasteiger partial charge on any atom is 0.257 e. The van der Waals surface area contributed by atoms with Gasteiger partial charge in [-0.25, -0.2) is 13.1 Å². The fourth-order valence-electron chi connectivity index (χ4n) is 2.00. The number of hydrogen-bond acceptors (Lipinski definition) is 4. The van der Waals surface area contributed by atoms with Crippen LogP contribution in [0.25, 0.3) is 0 Å². The van der Waals surface area contributed by atoms with Crippen molar-refractivity contribution in [2.24, 2.45) is 5.41 Å². The second kappa shape index (κ2) is 7.11. The summed E-state index contributed by atoms with van der Waals surface area (Å²) in [5.41, 5.74) is 0.688. The Balaban J connectivity index is 1.93. The fraction of sp³-hybridized carbons (Fsp3) is 0.588. The minimum atomic E-state index is -3.48. The van der Waals surface area contributed by atoms with Gasteiger partial charge in [-0.3, -0.25) is 4.79 Å². The van der Waals surface area contributed by atoms with E-state index in [-0.39, 0.29) is 28.9 Å². The highest BCUT2D eigenvalue weighted by Crippen LogP contribution is 2.25. The third-order valence-electron chi connectivity index (χ3n) is 3.53. The summed E-state index contributed by atoms with van der Waals surface area (Å²) in [6.07, 6.45) is 1.78. The van der Waals surface area contributed by atoms with Crippen LogP contribution < -0.4 is 14.8 Å². The fourth-order valence-corrected chi connectivity index (χ4v) is 3.39. The molecule has 0 radical (unpaired) electrons. The van der Waals surface area contributed by atoms with Crippen LogP contribution in [0.15, 0.2) is 23.1 Å². The molecule has 1 amide bonds. The Hall–Kier alpha value is -1.60. The van der Waals surface area contributed by atoms with Crippen LogP contribution in [0.1, 0.15) is 39.2 Å². The number of amides is 1. The largest absolute Gasteiger partial charge is 0.484 e. The first kappa shape index (κ1) is 18.7. The van der Waals surface area contributed by atoms with Crippen LogP contribution in [0.2, 0.25) is 0 Å². The van der Waals surface area contributed by atoms with E-state index >= 15 is 0 Å². The molecule has 0 spiro atoms. The smallest absolute Gasteiger partial charge is 0.257 e. The third kappa shape index (κ3) is 5.79. The highest BCUT2D eigenvalue weighted by atomic mass is 32.2. The van der Waals surface area contributed by atoms with E-state index in [1.54, 1.807) is 19.1 Å². The molecule has 1 aliphatic rings. The number of ether oxygens (including phenoxy) is 1. The molecule has 0 aliphatic heterocycles.